The lowest BCUT2D eigenvalue weighted by atomic mass is 10.1. The van der Waals surface area contributed by atoms with Gasteiger partial charge in [-0.15, -0.1) is 0 Å². The Morgan fingerprint density at radius 2 is 2.17 bits per heavy atom. The van der Waals surface area contributed by atoms with E-state index in [0.29, 0.717) is 17.2 Å². The summed E-state index contributed by atoms with van der Waals surface area (Å²) in [5.74, 6) is -1.39. The molecule has 0 fully saturated rings. The number of hydrogen-bond donors (Lipinski definition) is 1. The number of hydrogen-bond acceptors (Lipinski definition) is 3. The summed E-state index contributed by atoms with van der Waals surface area (Å²) in [6.07, 6.45) is 3.20. The molecule has 18 heavy (non-hydrogen) atoms. The summed E-state index contributed by atoms with van der Waals surface area (Å²) in [6.45, 7) is 2.05. The van der Waals surface area contributed by atoms with Crippen LogP contribution in [0.4, 0.5) is 0 Å². The van der Waals surface area contributed by atoms with Crippen molar-refractivity contribution in [1.82, 2.24) is 0 Å². The number of benzene rings is 1. The largest absolute Gasteiger partial charge is 0.478 e. The van der Waals surface area contributed by atoms with Gasteiger partial charge in [0.05, 0.1) is 18.6 Å². The van der Waals surface area contributed by atoms with Crippen LogP contribution in [0.5, 0.6) is 0 Å². The third-order valence-corrected chi connectivity index (χ3v) is 2.37. The zero-order chi connectivity index (χ0) is 13.5. The minimum atomic E-state index is -1.04. The minimum absolute atomic E-state index is 0.0966. The Morgan fingerprint density at radius 3 is 2.78 bits per heavy atom. The van der Waals surface area contributed by atoms with Crippen molar-refractivity contribution in [3.63, 3.8) is 0 Å². The molecule has 0 aromatic heterocycles. The molecule has 0 aliphatic heterocycles. The summed E-state index contributed by atoms with van der Waals surface area (Å²) in [7, 11) is 0. The predicted octanol–water partition coefficient (Wildman–Crippen LogP) is 3.00. The Hall–Kier alpha value is -1.81. The van der Waals surface area contributed by atoms with Gasteiger partial charge in [-0.3, -0.25) is 4.79 Å². The van der Waals surface area contributed by atoms with Crippen LogP contribution in [0, 0.1) is 0 Å². The van der Waals surface area contributed by atoms with Gasteiger partial charge in [0.1, 0.15) is 0 Å². The summed E-state index contributed by atoms with van der Waals surface area (Å²) in [5.41, 5.74) is 0.596. The van der Waals surface area contributed by atoms with Gasteiger partial charge in [0.2, 0.25) is 0 Å². The third-order valence-electron chi connectivity index (χ3n) is 2.13. The van der Waals surface area contributed by atoms with E-state index >= 15 is 0 Å². The fourth-order valence-electron chi connectivity index (χ4n) is 1.37. The van der Waals surface area contributed by atoms with E-state index < -0.39 is 5.97 Å². The number of carboxylic acids is 1. The van der Waals surface area contributed by atoms with Gasteiger partial charge >= 0.3 is 11.9 Å². The second-order valence-corrected chi connectivity index (χ2v) is 3.88. The van der Waals surface area contributed by atoms with Crippen LogP contribution in [-0.4, -0.2) is 23.7 Å². The van der Waals surface area contributed by atoms with Crippen molar-refractivity contribution < 1.29 is 19.4 Å². The molecule has 0 aliphatic carbocycles. The average Bonchev–Trinajstić information content (AvgIpc) is 2.29. The molecule has 5 heteroatoms. The lowest BCUT2D eigenvalue weighted by Crippen LogP contribution is -2.02. The summed E-state index contributed by atoms with van der Waals surface area (Å²) >= 11 is 5.79. The Kier molecular flexibility index (Phi) is 5.39. The number of aromatic carboxylic acids is 1. The standard InChI is InChI=1S/C13H13ClO4/c1-2-18-12(15)5-3-4-9-8-10(14)6-7-11(9)13(16)17/h3-4,6-8H,2,5H2,1H3,(H,16,17). The molecule has 0 atom stereocenters. The lowest BCUT2D eigenvalue weighted by Gasteiger charge is -2.02. The maximum absolute atomic E-state index is 11.1. The maximum atomic E-state index is 11.1. The van der Waals surface area contributed by atoms with Crippen LogP contribution in [0.1, 0.15) is 29.3 Å². The van der Waals surface area contributed by atoms with E-state index in [4.69, 9.17) is 21.4 Å². The van der Waals surface area contributed by atoms with Crippen molar-refractivity contribution in [3.05, 3.63) is 40.4 Å². The van der Waals surface area contributed by atoms with Gasteiger partial charge < -0.3 is 9.84 Å². The van der Waals surface area contributed by atoms with Crippen LogP contribution in [0.2, 0.25) is 5.02 Å². The number of halogens is 1. The highest BCUT2D eigenvalue weighted by molar-refractivity contribution is 6.30. The second kappa shape index (κ2) is 6.81. The van der Waals surface area contributed by atoms with E-state index in [0.717, 1.165) is 0 Å². The first kappa shape index (κ1) is 14.3. The van der Waals surface area contributed by atoms with Gasteiger partial charge in [0.15, 0.2) is 0 Å². The molecule has 1 rings (SSSR count). The van der Waals surface area contributed by atoms with Crippen LogP contribution in [0.15, 0.2) is 24.3 Å². The van der Waals surface area contributed by atoms with Gasteiger partial charge in [-0.2, -0.15) is 0 Å². The zero-order valence-electron chi connectivity index (χ0n) is 9.85. The number of esters is 1. The van der Waals surface area contributed by atoms with Crippen molar-refractivity contribution >= 4 is 29.6 Å². The molecule has 0 spiro atoms. The summed E-state index contributed by atoms with van der Waals surface area (Å²) in [6, 6.07) is 4.47. The first-order chi connectivity index (χ1) is 8.54. The monoisotopic (exact) mass is 268 g/mol. The highest BCUT2D eigenvalue weighted by Gasteiger charge is 2.08. The van der Waals surface area contributed by atoms with E-state index in [2.05, 4.69) is 0 Å². The van der Waals surface area contributed by atoms with E-state index in [9.17, 15) is 9.59 Å². The molecule has 96 valence electrons. The Bertz CT molecular complexity index is 480. The molecule has 0 amide bonds. The lowest BCUT2D eigenvalue weighted by molar-refractivity contribution is -0.142. The number of carboxylic acid groups (broad SMARTS) is 1. The van der Waals surface area contributed by atoms with Crippen molar-refractivity contribution in [2.45, 2.75) is 13.3 Å². The van der Waals surface area contributed by atoms with E-state index in [-0.39, 0.29) is 18.0 Å². The molecule has 0 saturated heterocycles. The SMILES string of the molecule is CCOC(=O)CC=Cc1cc(Cl)ccc1C(=O)O. The van der Waals surface area contributed by atoms with Gasteiger partial charge in [-0.25, -0.2) is 4.79 Å². The molecule has 0 radical (unpaired) electrons. The molecule has 1 aromatic carbocycles. The highest BCUT2D eigenvalue weighted by Crippen LogP contribution is 2.18. The van der Waals surface area contributed by atoms with Crippen molar-refractivity contribution in [1.29, 1.82) is 0 Å². The van der Waals surface area contributed by atoms with Gasteiger partial charge in [0, 0.05) is 5.02 Å². The molecule has 0 heterocycles. The highest BCUT2D eigenvalue weighted by atomic mass is 35.5. The van der Waals surface area contributed by atoms with E-state index in [1.54, 1.807) is 19.1 Å². The van der Waals surface area contributed by atoms with Crippen LogP contribution in [0.3, 0.4) is 0 Å². The number of rotatable bonds is 5. The van der Waals surface area contributed by atoms with Crippen molar-refractivity contribution in [2.75, 3.05) is 6.61 Å². The molecule has 0 bridgehead atoms. The molecule has 0 saturated carbocycles. The Balaban J connectivity index is 2.82. The third kappa shape index (κ3) is 4.22. The molecule has 1 N–H and O–H groups in total. The molecule has 0 aliphatic rings. The average molecular weight is 269 g/mol. The van der Waals surface area contributed by atoms with Crippen LogP contribution < -0.4 is 0 Å². The summed E-state index contributed by atoms with van der Waals surface area (Å²) in [5, 5.41) is 9.42. The molecule has 0 unspecified atom stereocenters. The maximum Gasteiger partial charge on any atom is 0.336 e. The van der Waals surface area contributed by atoms with Crippen molar-refractivity contribution in [2.24, 2.45) is 0 Å². The van der Waals surface area contributed by atoms with E-state index in [1.807, 2.05) is 0 Å². The topological polar surface area (TPSA) is 63.6 Å². The van der Waals surface area contributed by atoms with E-state index in [1.165, 1.54) is 18.2 Å². The normalized spacial score (nSPS) is 10.6. The molecular weight excluding hydrogens is 256 g/mol. The van der Waals surface area contributed by atoms with Crippen LogP contribution in [-0.2, 0) is 9.53 Å². The number of ether oxygens (including phenoxy) is 1. The van der Waals surface area contributed by atoms with Gasteiger partial charge in [0.25, 0.3) is 0 Å². The summed E-state index contributed by atoms with van der Waals surface area (Å²) in [4.78, 5) is 22.1. The minimum Gasteiger partial charge on any atom is -0.478 e. The zero-order valence-corrected chi connectivity index (χ0v) is 10.6. The predicted molar refractivity (Wildman–Crippen MR) is 68.7 cm³/mol. The van der Waals surface area contributed by atoms with Gasteiger partial charge in [-0.1, -0.05) is 23.8 Å². The second-order valence-electron chi connectivity index (χ2n) is 3.45. The Labute approximate surface area is 110 Å². The first-order valence-corrected chi connectivity index (χ1v) is 5.77. The van der Waals surface area contributed by atoms with Crippen molar-refractivity contribution in [3.8, 4) is 0 Å². The number of carbonyl (C=O) groups excluding carboxylic acids is 1. The fourth-order valence-corrected chi connectivity index (χ4v) is 1.55. The molecule has 1 aromatic rings. The molecule has 4 nitrogen and oxygen atoms in total. The van der Waals surface area contributed by atoms with Crippen LogP contribution in [0.25, 0.3) is 6.08 Å². The number of carbonyl (C=O) groups is 2. The summed E-state index contributed by atoms with van der Waals surface area (Å²) < 4.78 is 4.75. The fraction of sp³-hybridized carbons (Fsp3) is 0.231. The quantitative estimate of drug-likeness (QED) is 0.834. The smallest absolute Gasteiger partial charge is 0.336 e. The first-order valence-electron chi connectivity index (χ1n) is 5.39. The van der Waals surface area contributed by atoms with Gasteiger partial charge in [-0.05, 0) is 30.7 Å². The Morgan fingerprint density at radius 1 is 1.44 bits per heavy atom. The molecular formula is C13H13ClO4. The van der Waals surface area contributed by atoms with Crippen LogP contribution >= 0.6 is 11.6 Å².